The van der Waals surface area contributed by atoms with Gasteiger partial charge in [0.25, 0.3) is 5.91 Å². The van der Waals surface area contributed by atoms with Gasteiger partial charge in [-0.15, -0.1) is 10.2 Å². The summed E-state index contributed by atoms with van der Waals surface area (Å²) in [5, 5.41) is 10.4. The summed E-state index contributed by atoms with van der Waals surface area (Å²) in [4.78, 5) is 29.4. The van der Waals surface area contributed by atoms with Crippen molar-refractivity contribution < 1.29 is 27.2 Å². The van der Waals surface area contributed by atoms with Crippen molar-refractivity contribution in [1.82, 2.24) is 19.7 Å². The Labute approximate surface area is 198 Å². The molecule has 0 saturated heterocycles. The molecule has 0 spiro atoms. The number of benzene rings is 1. The molecule has 2 amide bonds. The van der Waals surface area contributed by atoms with E-state index in [9.17, 15) is 27.2 Å². The Balaban J connectivity index is 1.65. The minimum atomic E-state index is -4.67. The van der Waals surface area contributed by atoms with Crippen molar-refractivity contribution in [2.75, 3.05) is 10.2 Å². The molecular weight excluding hydrogens is 468 g/mol. The summed E-state index contributed by atoms with van der Waals surface area (Å²) in [7, 11) is 0. The van der Waals surface area contributed by atoms with Gasteiger partial charge in [0.05, 0.1) is 5.56 Å². The van der Waals surface area contributed by atoms with Crippen LogP contribution in [-0.2, 0) is 4.79 Å². The van der Waals surface area contributed by atoms with E-state index in [0.29, 0.717) is 16.4 Å². The SMILES string of the molecule is Cc1cc(F)c(C(=O)Nc2cccc(-c3nncn3C(C)C)n2)cc1N(C=O)C1(C(F)(F)F)CC1. The number of anilines is 2. The Morgan fingerprint density at radius 2 is 1.97 bits per heavy atom. The number of nitrogens with one attached hydrogen (secondary N) is 1. The lowest BCUT2D eigenvalue weighted by Crippen LogP contribution is -2.48. The molecule has 0 bridgehead atoms. The molecule has 0 aliphatic heterocycles. The highest BCUT2D eigenvalue weighted by molar-refractivity contribution is 6.05. The molecule has 1 aliphatic rings. The average molecular weight is 490 g/mol. The number of pyridine rings is 1. The van der Waals surface area contributed by atoms with Crippen molar-refractivity contribution in [2.24, 2.45) is 0 Å². The maximum atomic E-state index is 14.7. The summed E-state index contributed by atoms with van der Waals surface area (Å²) >= 11 is 0. The van der Waals surface area contributed by atoms with Crippen LogP contribution in [0.15, 0.2) is 36.7 Å². The first kappa shape index (κ1) is 24.3. The molecule has 3 aromatic rings. The normalized spacial score (nSPS) is 14.6. The second-order valence-corrected chi connectivity index (χ2v) is 8.64. The maximum absolute atomic E-state index is 14.7. The summed E-state index contributed by atoms with van der Waals surface area (Å²) in [5.74, 6) is -1.33. The number of aryl methyl sites for hydroxylation is 1. The molecule has 2 heterocycles. The molecule has 12 heteroatoms. The van der Waals surface area contributed by atoms with Crippen LogP contribution in [0.25, 0.3) is 11.5 Å². The van der Waals surface area contributed by atoms with Gasteiger partial charge in [0.1, 0.15) is 29.2 Å². The highest BCUT2D eigenvalue weighted by atomic mass is 19.4. The molecule has 1 aliphatic carbocycles. The van der Waals surface area contributed by atoms with Gasteiger partial charge in [0, 0.05) is 11.7 Å². The predicted molar refractivity (Wildman–Crippen MR) is 119 cm³/mol. The summed E-state index contributed by atoms with van der Waals surface area (Å²) in [6.45, 7) is 5.24. The molecule has 35 heavy (non-hydrogen) atoms. The van der Waals surface area contributed by atoms with Crippen molar-refractivity contribution in [1.29, 1.82) is 0 Å². The van der Waals surface area contributed by atoms with Gasteiger partial charge < -0.3 is 9.88 Å². The van der Waals surface area contributed by atoms with Gasteiger partial charge in [0.2, 0.25) is 6.41 Å². The number of rotatable bonds is 7. The van der Waals surface area contributed by atoms with Crippen LogP contribution < -0.4 is 10.2 Å². The number of carbonyl (C=O) groups is 2. The van der Waals surface area contributed by atoms with Gasteiger partial charge in [0.15, 0.2) is 5.82 Å². The van der Waals surface area contributed by atoms with Gasteiger partial charge in [-0.05, 0) is 63.4 Å². The first-order valence-electron chi connectivity index (χ1n) is 10.8. The molecule has 4 rings (SSSR count). The number of halogens is 4. The van der Waals surface area contributed by atoms with E-state index in [1.165, 1.54) is 13.0 Å². The van der Waals surface area contributed by atoms with Crippen molar-refractivity contribution in [3.63, 3.8) is 0 Å². The molecule has 1 aromatic carbocycles. The summed E-state index contributed by atoms with van der Waals surface area (Å²) < 4.78 is 57.4. The fraction of sp³-hybridized carbons (Fsp3) is 0.348. The largest absolute Gasteiger partial charge is 0.412 e. The third-order valence-electron chi connectivity index (χ3n) is 5.96. The molecule has 8 nitrogen and oxygen atoms in total. The minimum absolute atomic E-state index is 0.0485. The van der Waals surface area contributed by atoms with E-state index in [2.05, 4.69) is 20.5 Å². The molecule has 1 saturated carbocycles. The number of nitrogens with zero attached hydrogens (tertiary/aromatic N) is 5. The van der Waals surface area contributed by atoms with E-state index in [-0.39, 0.29) is 42.4 Å². The quantitative estimate of drug-likeness (QED) is 0.384. The van der Waals surface area contributed by atoms with Crippen molar-refractivity contribution in [3.05, 3.63) is 53.6 Å². The van der Waals surface area contributed by atoms with Crippen LogP contribution in [0.3, 0.4) is 0 Å². The molecule has 184 valence electrons. The van der Waals surface area contributed by atoms with Gasteiger partial charge >= 0.3 is 6.18 Å². The lowest BCUT2D eigenvalue weighted by molar-refractivity contribution is -0.160. The smallest absolute Gasteiger partial charge is 0.310 e. The second kappa shape index (κ2) is 8.75. The second-order valence-electron chi connectivity index (χ2n) is 8.64. The third kappa shape index (κ3) is 4.35. The summed E-state index contributed by atoms with van der Waals surface area (Å²) in [5.41, 5.74) is -2.56. The zero-order chi connectivity index (χ0) is 25.5. The highest BCUT2D eigenvalue weighted by Gasteiger charge is 2.67. The third-order valence-corrected chi connectivity index (χ3v) is 5.96. The molecule has 2 aromatic heterocycles. The number of carbonyl (C=O) groups excluding carboxylic acids is 2. The molecule has 1 N–H and O–H groups in total. The average Bonchev–Trinajstić information content (AvgIpc) is 3.44. The zero-order valence-corrected chi connectivity index (χ0v) is 19.1. The fourth-order valence-corrected chi connectivity index (χ4v) is 3.88. The van der Waals surface area contributed by atoms with Crippen molar-refractivity contribution in [3.8, 4) is 11.5 Å². The zero-order valence-electron chi connectivity index (χ0n) is 19.1. The Bertz CT molecular complexity index is 1280. The number of amides is 2. The van der Waals surface area contributed by atoms with Crippen LogP contribution in [0.1, 0.15) is 48.7 Å². The van der Waals surface area contributed by atoms with Crippen LogP contribution in [-0.4, -0.2) is 43.8 Å². The number of aromatic nitrogens is 4. The van der Waals surface area contributed by atoms with Crippen molar-refractivity contribution in [2.45, 2.75) is 51.4 Å². The summed E-state index contributed by atoms with van der Waals surface area (Å²) in [6.07, 6.45) is -3.60. The molecule has 0 unspecified atom stereocenters. The van der Waals surface area contributed by atoms with E-state index in [1.807, 2.05) is 13.8 Å². The highest BCUT2D eigenvalue weighted by Crippen LogP contribution is 2.54. The maximum Gasteiger partial charge on any atom is 0.412 e. The van der Waals surface area contributed by atoms with Crippen LogP contribution in [0.4, 0.5) is 29.1 Å². The Morgan fingerprint density at radius 1 is 1.26 bits per heavy atom. The Morgan fingerprint density at radius 3 is 2.57 bits per heavy atom. The monoisotopic (exact) mass is 490 g/mol. The topological polar surface area (TPSA) is 93.0 Å². The fourth-order valence-electron chi connectivity index (χ4n) is 3.88. The van der Waals surface area contributed by atoms with E-state index < -0.39 is 29.0 Å². The number of hydrogen-bond donors (Lipinski definition) is 1. The number of hydrogen-bond acceptors (Lipinski definition) is 5. The first-order chi connectivity index (χ1) is 16.5. The molecule has 0 radical (unpaired) electrons. The van der Waals surface area contributed by atoms with Gasteiger partial charge in [-0.1, -0.05) is 6.07 Å². The Hall–Kier alpha value is -3.83. The Kier molecular flexibility index (Phi) is 6.07. The first-order valence-corrected chi connectivity index (χ1v) is 10.8. The lowest BCUT2D eigenvalue weighted by atomic mass is 10.1. The number of alkyl halides is 3. The van der Waals surface area contributed by atoms with Gasteiger partial charge in [-0.2, -0.15) is 13.2 Å². The van der Waals surface area contributed by atoms with E-state index in [0.717, 1.165) is 12.1 Å². The van der Waals surface area contributed by atoms with Gasteiger partial charge in [-0.3, -0.25) is 14.5 Å². The standard InChI is InChI=1S/C23H22F4N6O2/c1-13(2)32-11-28-31-20(32)17-5-4-6-19(29-17)30-21(35)15-10-18(14(3)9-16(15)24)33(12-34)22(7-8-22)23(25,26)27/h4-6,9-13H,7-8H2,1-3H3,(H,29,30,35). The predicted octanol–water partition coefficient (Wildman–Crippen LogP) is 4.68. The van der Waals surface area contributed by atoms with E-state index in [4.69, 9.17) is 0 Å². The van der Waals surface area contributed by atoms with Crippen LogP contribution in [0.5, 0.6) is 0 Å². The van der Waals surface area contributed by atoms with Gasteiger partial charge in [-0.25, -0.2) is 9.37 Å². The van der Waals surface area contributed by atoms with Crippen LogP contribution in [0.2, 0.25) is 0 Å². The van der Waals surface area contributed by atoms with Crippen LogP contribution in [0, 0.1) is 12.7 Å². The minimum Gasteiger partial charge on any atom is -0.310 e. The van der Waals surface area contributed by atoms with E-state index >= 15 is 0 Å². The molecule has 0 atom stereocenters. The lowest BCUT2D eigenvalue weighted by Gasteiger charge is -2.31. The molecule has 1 fully saturated rings. The van der Waals surface area contributed by atoms with E-state index in [1.54, 1.807) is 23.0 Å². The van der Waals surface area contributed by atoms with Crippen molar-refractivity contribution >= 4 is 23.8 Å². The molecular formula is C23H22F4N6O2. The van der Waals surface area contributed by atoms with Crippen LogP contribution >= 0.6 is 0 Å². The summed E-state index contributed by atoms with van der Waals surface area (Å²) in [6, 6.07) is 6.69.